The Balaban J connectivity index is 2.63. The number of nitrogens with one attached hydrogen (secondary N) is 1. The van der Waals surface area contributed by atoms with Crippen LogP contribution in [0.3, 0.4) is 0 Å². The lowest BCUT2D eigenvalue weighted by Crippen LogP contribution is -2.29. The summed E-state index contributed by atoms with van der Waals surface area (Å²) in [5, 5.41) is 11.1. The van der Waals surface area contributed by atoms with Crippen LogP contribution in [0, 0.1) is 5.41 Å². The largest absolute Gasteiger partial charge is 0.357 e. The van der Waals surface area contributed by atoms with Crippen LogP contribution >= 0.6 is 0 Å². The van der Waals surface area contributed by atoms with Crippen LogP contribution in [0.25, 0.3) is 0 Å². The number of rotatable bonds is 4. The molecule has 0 saturated heterocycles. The van der Waals surface area contributed by atoms with Gasteiger partial charge in [0, 0.05) is 26.6 Å². The average molecular weight is 225 g/mol. The summed E-state index contributed by atoms with van der Waals surface area (Å²) >= 11 is 0. The van der Waals surface area contributed by atoms with Gasteiger partial charge < -0.3 is 15.6 Å². The molecule has 5 nitrogen and oxygen atoms in total. The maximum atomic E-state index is 6.11. The molecular formula is C11H23N5. The summed E-state index contributed by atoms with van der Waals surface area (Å²) in [5.74, 6) is 1.71. The van der Waals surface area contributed by atoms with Gasteiger partial charge in [-0.2, -0.15) is 0 Å². The van der Waals surface area contributed by atoms with Crippen molar-refractivity contribution in [2.75, 3.05) is 12.4 Å². The van der Waals surface area contributed by atoms with Crippen LogP contribution in [-0.4, -0.2) is 27.9 Å². The third-order valence-electron chi connectivity index (χ3n) is 2.51. The molecule has 0 bridgehead atoms. The van der Waals surface area contributed by atoms with E-state index >= 15 is 0 Å². The van der Waals surface area contributed by atoms with Gasteiger partial charge in [0.15, 0.2) is 0 Å². The van der Waals surface area contributed by atoms with E-state index in [9.17, 15) is 0 Å². The van der Waals surface area contributed by atoms with Crippen molar-refractivity contribution in [3.63, 3.8) is 0 Å². The zero-order valence-corrected chi connectivity index (χ0v) is 10.9. The van der Waals surface area contributed by atoms with Crippen LogP contribution in [-0.2, 0) is 13.5 Å². The number of nitrogens with two attached hydrogens (primary N) is 1. The van der Waals surface area contributed by atoms with Gasteiger partial charge in [-0.15, -0.1) is 10.2 Å². The topological polar surface area (TPSA) is 68.8 Å². The molecule has 1 unspecified atom stereocenters. The van der Waals surface area contributed by atoms with Crippen molar-refractivity contribution >= 4 is 5.95 Å². The highest BCUT2D eigenvalue weighted by atomic mass is 15.3. The Morgan fingerprint density at radius 1 is 1.38 bits per heavy atom. The van der Waals surface area contributed by atoms with Gasteiger partial charge in [-0.25, -0.2) is 0 Å². The van der Waals surface area contributed by atoms with Crippen LogP contribution in [0.1, 0.15) is 33.0 Å². The van der Waals surface area contributed by atoms with E-state index in [-0.39, 0.29) is 11.5 Å². The first-order valence-electron chi connectivity index (χ1n) is 5.65. The quantitative estimate of drug-likeness (QED) is 0.807. The Morgan fingerprint density at radius 2 is 2.00 bits per heavy atom. The first-order valence-corrected chi connectivity index (χ1v) is 5.65. The molecule has 92 valence electrons. The summed E-state index contributed by atoms with van der Waals surface area (Å²) in [6.07, 6.45) is 1.75. The lowest BCUT2D eigenvalue weighted by molar-refractivity contribution is 0.335. The predicted molar refractivity (Wildman–Crippen MR) is 66.3 cm³/mol. The van der Waals surface area contributed by atoms with Gasteiger partial charge in [0.1, 0.15) is 5.82 Å². The molecule has 1 heterocycles. The summed E-state index contributed by atoms with van der Waals surface area (Å²) in [6, 6.07) is 0.132. The lowest BCUT2D eigenvalue weighted by atomic mass is 9.87. The van der Waals surface area contributed by atoms with Crippen molar-refractivity contribution in [1.82, 2.24) is 14.8 Å². The Hall–Kier alpha value is -1.10. The number of hydrogen-bond donors (Lipinski definition) is 2. The minimum absolute atomic E-state index is 0.132. The molecule has 1 aromatic rings. The maximum absolute atomic E-state index is 6.11. The second kappa shape index (κ2) is 4.82. The molecule has 3 N–H and O–H groups in total. The van der Waals surface area contributed by atoms with Gasteiger partial charge in [-0.3, -0.25) is 0 Å². The van der Waals surface area contributed by atoms with E-state index in [1.54, 1.807) is 0 Å². The van der Waals surface area contributed by atoms with Crippen molar-refractivity contribution in [2.45, 2.75) is 39.7 Å². The second-order valence-electron chi connectivity index (χ2n) is 5.48. The summed E-state index contributed by atoms with van der Waals surface area (Å²) in [7, 11) is 3.79. The van der Waals surface area contributed by atoms with Gasteiger partial charge in [-0.1, -0.05) is 20.8 Å². The van der Waals surface area contributed by atoms with Crippen LogP contribution in [0.5, 0.6) is 0 Å². The number of hydrogen-bond acceptors (Lipinski definition) is 4. The van der Waals surface area contributed by atoms with Crippen molar-refractivity contribution < 1.29 is 0 Å². The van der Waals surface area contributed by atoms with Gasteiger partial charge in [-0.05, 0) is 11.8 Å². The Morgan fingerprint density at radius 3 is 2.44 bits per heavy atom. The molecule has 0 aliphatic rings. The SMILES string of the molecule is CNc1nnc(CC(N)CC(C)(C)C)n1C. The van der Waals surface area contributed by atoms with Crippen LogP contribution in [0.4, 0.5) is 5.95 Å². The minimum Gasteiger partial charge on any atom is -0.357 e. The van der Waals surface area contributed by atoms with Crippen LogP contribution in [0.15, 0.2) is 0 Å². The molecule has 5 heteroatoms. The van der Waals surface area contributed by atoms with E-state index in [1.807, 2.05) is 18.7 Å². The minimum atomic E-state index is 0.132. The molecule has 0 fully saturated rings. The highest BCUT2D eigenvalue weighted by Gasteiger charge is 2.18. The molecule has 0 saturated carbocycles. The summed E-state index contributed by atoms with van der Waals surface area (Å²) in [6.45, 7) is 6.59. The standard InChI is InChI=1S/C11H23N5/c1-11(2,3)7-8(12)6-9-14-15-10(13-4)16(9)5/h8H,6-7,12H2,1-5H3,(H,13,15). The number of nitrogens with zero attached hydrogens (tertiary/aromatic N) is 3. The summed E-state index contributed by atoms with van der Waals surface area (Å²) in [4.78, 5) is 0. The van der Waals surface area contributed by atoms with E-state index in [0.717, 1.165) is 24.6 Å². The van der Waals surface area contributed by atoms with Gasteiger partial charge in [0.2, 0.25) is 5.95 Å². The number of aromatic nitrogens is 3. The smallest absolute Gasteiger partial charge is 0.224 e. The molecule has 0 amide bonds. The van der Waals surface area contributed by atoms with E-state index in [4.69, 9.17) is 5.73 Å². The van der Waals surface area contributed by atoms with E-state index in [0.29, 0.717) is 0 Å². The van der Waals surface area contributed by atoms with Crippen LogP contribution in [0.2, 0.25) is 0 Å². The van der Waals surface area contributed by atoms with E-state index < -0.39 is 0 Å². The fraction of sp³-hybridized carbons (Fsp3) is 0.818. The molecule has 16 heavy (non-hydrogen) atoms. The molecule has 1 aromatic heterocycles. The molecule has 0 aliphatic carbocycles. The fourth-order valence-corrected chi connectivity index (χ4v) is 1.85. The second-order valence-corrected chi connectivity index (χ2v) is 5.48. The Labute approximate surface area is 97.4 Å². The monoisotopic (exact) mass is 225 g/mol. The van der Waals surface area contributed by atoms with Gasteiger partial charge >= 0.3 is 0 Å². The third-order valence-corrected chi connectivity index (χ3v) is 2.51. The molecule has 1 atom stereocenters. The zero-order valence-electron chi connectivity index (χ0n) is 10.9. The maximum Gasteiger partial charge on any atom is 0.224 e. The van der Waals surface area contributed by atoms with Crippen molar-refractivity contribution in [2.24, 2.45) is 18.2 Å². The van der Waals surface area contributed by atoms with Crippen molar-refractivity contribution in [1.29, 1.82) is 0 Å². The molecule has 0 aromatic carbocycles. The first-order chi connectivity index (χ1) is 7.33. The lowest BCUT2D eigenvalue weighted by Gasteiger charge is -2.22. The van der Waals surface area contributed by atoms with Gasteiger partial charge in [0.25, 0.3) is 0 Å². The van der Waals surface area contributed by atoms with Gasteiger partial charge in [0.05, 0.1) is 0 Å². The molecular weight excluding hydrogens is 202 g/mol. The highest BCUT2D eigenvalue weighted by Crippen LogP contribution is 2.21. The molecule has 0 radical (unpaired) electrons. The number of anilines is 1. The summed E-state index contributed by atoms with van der Waals surface area (Å²) < 4.78 is 1.95. The zero-order chi connectivity index (χ0) is 12.3. The predicted octanol–water partition coefficient (Wildman–Crippen LogP) is 1.16. The summed E-state index contributed by atoms with van der Waals surface area (Å²) in [5.41, 5.74) is 6.36. The normalized spacial score (nSPS) is 13.9. The first kappa shape index (κ1) is 13.0. The highest BCUT2D eigenvalue weighted by molar-refractivity contribution is 5.23. The molecule has 0 aliphatic heterocycles. The Bertz CT molecular complexity index is 337. The van der Waals surface area contributed by atoms with Crippen molar-refractivity contribution in [3.05, 3.63) is 5.82 Å². The molecule has 1 rings (SSSR count). The Kier molecular flexibility index (Phi) is 3.91. The molecule has 0 spiro atoms. The average Bonchev–Trinajstić information content (AvgIpc) is 2.44. The third kappa shape index (κ3) is 3.48. The van der Waals surface area contributed by atoms with Crippen molar-refractivity contribution in [3.8, 4) is 0 Å². The fourth-order valence-electron chi connectivity index (χ4n) is 1.85. The van der Waals surface area contributed by atoms with E-state index in [2.05, 4.69) is 36.3 Å². The van der Waals surface area contributed by atoms with E-state index in [1.165, 1.54) is 0 Å². The van der Waals surface area contributed by atoms with Crippen LogP contribution < -0.4 is 11.1 Å².